The van der Waals surface area contributed by atoms with E-state index < -0.39 is 7.52 Å². The van der Waals surface area contributed by atoms with Crippen LogP contribution in [-0.2, 0) is 9.09 Å². The van der Waals surface area contributed by atoms with Crippen molar-refractivity contribution in [3.05, 3.63) is 71.8 Å². The molecular formula is C15H16NO2P. The summed E-state index contributed by atoms with van der Waals surface area (Å²) in [7, 11) is -1.56. The normalized spacial score (nSPS) is 13.6. The molecule has 19 heavy (non-hydrogen) atoms. The predicted molar refractivity (Wildman–Crippen MR) is 79.1 cm³/mol. The molecule has 98 valence electrons. The molecule has 2 rings (SSSR count). The van der Waals surface area contributed by atoms with Crippen molar-refractivity contribution in [1.82, 2.24) is 0 Å². The van der Waals surface area contributed by atoms with Gasteiger partial charge in [0, 0.05) is 24.9 Å². The molecule has 2 aromatic carbocycles. The Hall–Kier alpha value is -1.70. The standard InChI is InChI=1S/C15H16NO2P/c1-18-19(2,17)16-15(13-9-5-3-6-10-13)14-11-7-4-8-12-14/h3-12H,1-2H3. The Balaban J connectivity index is 2.56. The van der Waals surface area contributed by atoms with E-state index in [0.29, 0.717) is 5.71 Å². The zero-order valence-electron chi connectivity index (χ0n) is 11.0. The largest absolute Gasteiger partial charge is 0.316 e. The summed E-state index contributed by atoms with van der Waals surface area (Å²) in [6, 6.07) is 19.4. The van der Waals surface area contributed by atoms with Gasteiger partial charge in [0.15, 0.2) is 0 Å². The highest BCUT2D eigenvalue weighted by molar-refractivity contribution is 7.57. The van der Waals surface area contributed by atoms with Gasteiger partial charge in [-0.15, -0.1) is 0 Å². The van der Waals surface area contributed by atoms with Crippen molar-refractivity contribution in [2.45, 2.75) is 0 Å². The van der Waals surface area contributed by atoms with Gasteiger partial charge in [0.1, 0.15) is 0 Å². The molecule has 2 aromatic rings. The molecule has 0 spiro atoms. The summed E-state index contributed by atoms with van der Waals surface area (Å²) in [5, 5.41) is 0. The maximum absolute atomic E-state index is 12.1. The lowest BCUT2D eigenvalue weighted by Gasteiger charge is -2.11. The van der Waals surface area contributed by atoms with E-state index in [9.17, 15) is 4.57 Å². The van der Waals surface area contributed by atoms with Crippen molar-refractivity contribution < 1.29 is 9.09 Å². The molecule has 0 amide bonds. The first-order valence-corrected chi connectivity index (χ1v) is 7.99. The van der Waals surface area contributed by atoms with Crippen LogP contribution in [0.4, 0.5) is 0 Å². The molecule has 0 heterocycles. The van der Waals surface area contributed by atoms with Gasteiger partial charge in [-0.2, -0.15) is 0 Å². The summed E-state index contributed by atoms with van der Waals surface area (Å²) >= 11 is 0. The zero-order chi connectivity index (χ0) is 13.7. The SMILES string of the molecule is COP(C)(=O)N=C(c1ccccc1)c1ccccc1. The third-order valence-electron chi connectivity index (χ3n) is 2.71. The molecular weight excluding hydrogens is 257 g/mol. The third kappa shape index (κ3) is 3.63. The highest BCUT2D eigenvalue weighted by Crippen LogP contribution is 2.44. The first kappa shape index (κ1) is 13.7. The van der Waals surface area contributed by atoms with Crippen LogP contribution in [0.25, 0.3) is 0 Å². The minimum Gasteiger partial charge on any atom is -0.316 e. The molecule has 4 heteroatoms. The van der Waals surface area contributed by atoms with E-state index in [2.05, 4.69) is 4.76 Å². The van der Waals surface area contributed by atoms with Crippen LogP contribution in [0.1, 0.15) is 11.1 Å². The Labute approximate surface area is 113 Å². The Morgan fingerprint density at radius 3 is 1.74 bits per heavy atom. The lowest BCUT2D eigenvalue weighted by Crippen LogP contribution is -2.03. The van der Waals surface area contributed by atoms with Gasteiger partial charge < -0.3 is 4.52 Å². The van der Waals surface area contributed by atoms with E-state index in [0.717, 1.165) is 11.1 Å². The number of hydrogen-bond donors (Lipinski definition) is 0. The van der Waals surface area contributed by atoms with Gasteiger partial charge >= 0.3 is 7.52 Å². The fraction of sp³-hybridized carbons (Fsp3) is 0.133. The first-order valence-electron chi connectivity index (χ1n) is 5.97. The van der Waals surface area contributed by atoms with Crippen LogP contribution in [0, 0.1) is 0 Å². The zero-order valence-corrected chi connectivity index (χ0v) is 11.9. The maximum Gasteiger partial charge on any atom is 0.311 e. The molecule has 0 aliphatic rings. The Morgan fingerprint density at radius 2 is 1.37 bits per heavy atom. The molecule has 0 aliphatic carbocycles. The van der Waals surface area contributed by atoms with Gasteiger partial charge in [-0.3, -0.25) is 4.57 Å². The average Bonchev–Trinajstić information content (AvgIpc) is 2.47. The van der Waals surface area contributed by atoms with E-state index in [1.54, 1.807) is 0 Å². The minimum absolute atomic E-state index is 0.689. The molecule has 0 saturated carbocycles. The minimum atomic E-state index is -2.97. The van der Waals surface area contributed by atoms with Crippen molar-refractivity contribution in [2.75, 3.05) is 13.8 Å². The predicted octanol–water partition coefficient (Wildman–Crippen LogP) is 3.99. The van der Waals surface area contributed by atoms with Gasteiger partial charge in [-0.25, -0.2) is 4.76 Å². The van der Waals surface area contributed by atoms with Gasteiger partial charge in [0.25, 0.3) is 0 Å². The second-order valence-corrected chi connectivity index (χ2v) is 6.34. The second-order valence-electron chi connectivity index (χ2n) is 4.17. The van der Waals surface area contributed by atoms with E-state index in [1.165, 1.54) is 13.8 Å². The van der Waals surface area contributed by atoms with Crippen LogP contribution in [0.5, 0.6) is 0 Å². The summed E-state index contributed by atoms with van der Waals surface area (Å²) in [6.07, 6.45) is 0. The third-order valence-corrected chi connectivity index (χ3v) is 3.96. The fourth-order valence-electron chi connectivity index (χ4n) is 1.70. The fourth-order valence-corrected chi connectivity index (χ4v) is 2.37. The summed E-state index contributed by atoms with van der Waals surface area (Å²) in [6.45, 7) is 1.51. The van der Waals surface area contributed by atoms with E-state index in [1.807, 2.05) is 60.7 Å². The summed E-state index contributed by atoms with van der Waals surface area (Å²) in [5.74, 6) is 0. The highest BCUT2D eigenvalue weighted by atomic mass is 31.2. The Bertz CT molecular complexity index is 567. The van der Waals surface area contributed by atoms with Crippen molar-refractivity contribution in [2.24, 2.45) is 4.76 Å². The van der Waals surface area contributed by atoms with Crippen molar-refractivity contribution in [3.8, 4) is 0 Å². The molecule has 1 unspecified atom stereocenters. The lowest BCUT2D eigenvalue weighted by atomic mass is 10.0. The molecule has 0 bridgehead atoms. The topological polar surface area (TPSA) is 38.7 Å². The molecule has 3 nitrogen and oxygen atoms in total. The van der Waals surface area contributed by atoms with Gasteiger partial charge in [-0.05, 0) is 0 Å². The smallest absolute Gasteiger partial charge is 0.311 e. The van der Waals surface area contributed by atoms with E-state index >= 15 is 0 Å². The Morgan fingerprint density at radius 1 is 0.947 bits per heavy atom. The molecule has 0 fully saturated rings. The van der Waals surface area contributed by atoms with Gasteiger partial charge in [0.05, 0.1) is 5.71 Å². The van der Waals surface area contributed by atoms with Crippen LogP contribution < -0.4 is 0 Å². The van der Waals surface area contributed by atoms with E-state index in [-0.39, 0.29) is 0 Å². The number of benzene rings is 2. The highest BCUT2D eigenvalue weighted by Gasteiger charge is 2.15. The van der Waals surface area contributed by atoms with Crippen LogP contribution in [0.15, 0.2) is 65.4 Å². The molecule has 0 radical (unpaired) electrons. The van der Waals surface area contributed by atoms with Crippen LogP contribution in [0.2, 0.25) is 0 Å². The molecule has 1 atom stereocenters. The van der Waals surface area contributed by atoms with Gasteiger partial charge in [0.2, 0.25) is 0 Å². The lowest BCUT2D eigenvalue weighted by molar-refractivity contribution is 0.400. The quantitative estimate of drug-likeness (QED) is 0.624. The Kier molecular flexibility index (Phi) is 4.31. The number of rotatable bonds is 4. The van der Waals surface area contributed by atoms with Gasteiger partial charge in [-0.1, -0.05) is 60.7 Å². The maximum atomic E-state index is 12.1. The summed E-state index contributed by atoms with van der Waals surface area (Å²) < 4.78 is 21.4. The summed E-state index contributed by atoms with van der Waals surface area (Å²) in [4.78, 5) is 0. The van der Waals surface area contributed by atoms with Crippen LogP contribution in [-0.4, -0.2) is 19.5 Å². The van der Waals surface area contributed by atoms with Crippen molar-refractivity contribution in [1.29, 1.82) is 0 Å². The number of nitrogens with zero attached hydrogens (tertiary/aromatic N) is 1. The second kappa shape index (κ2) is 5.96. The van der Waals surface area contributed by atoms with Crippen LogP contribution in [0.3, 0.4) is 0 Å². The van der Waals surface area contributed by atoms with Crippen LogP contribution >= 0.6 is 7.52 Å². The summed E-state index contributed by atoms with van der Waals surface area (Å²) in [5.41, 5.74) is 2.54. The van der Waals surface area contributed by atoms with E-state index in [4.69, 9.17) is 4.52 Å². The van der Waals surface area contributed by atoms with Crippen molar-refractivity contribution >= 4 is 13.2 Å². The monoisotopic (exact) mass is 273 g/mol. The molecule has 0 saturated heterocycles. The first-order chi connectivity index (χ1) is 9.12. The number of hydrogen-bond acceptors (Lipinski definition) is 2. The molecule has 0 N–H and O–H groups in total. The molecule has 0 aromatic heterocycles. The van der Waals surface area contributed by atoms with Crippen molar-refractivity contribution in [3.63, 3.8) is 0 Å². The average molecular weight is 273 g/mol. The molecule has 0 aliphatic heterocycles.